The molecule has 2 saturated heterocycles. The number of thioether (sulfide) groups is 1. The van der Waals surface area contributed by atoms with E-state index in [0.717, 1.165) is 49.5 Å². The van der Waals surface area contributed by atoms with Gasteiger partial charge < -0.3 is 14.2 Å². The van der Waals surface area contributed by atoms with Gasteiger partial charge in [-0.2, -0.15) is 0 Å². The second-order valence-corrected chi connectivity index (χ2v) is 12.1. The van der Waals surface area contributed by atoms with E-state index in [9.17, 15) is 9.59 Å². The molecule has 3 aromatic carbocycles. The summed E-state index contributed by atoms with van der Waals surface area (Å²) < 4.78 is 17.4. The third-order valence-corrected chi connectivity index (χ3v) is 8.61. The van der Waals surface area contributed by atoms with E-state index in [1.165, 1.54) is 16.7 Å². The quantitative estimate of drug-likeness (QED) is 0.106. The van der Waals surface area contributed by atoms with Crippen LogP contribution in [0.1, 0.15) is 12.0 Å². The Morgan fingerprint density at radius 2 is 1.79 bits per heavy atom. The van der Waals surface area contributed by atoms with E-state index in [-0.39, 0.29) is 18.9 Å². The summed E-state index contributed by atoms with van der Waals surface area (Å²) in [5.74, 6) is 0.439. The number of halogens is 2. The van der Waals surface area contributed by atoms with Crippen LogP contribution in [-0.4, -0.2) is 72.0 Å². The highest BCUT2D eigenvalue weighted by molar-refractivity contribution is 8.26. The van der Waals surface area contributed by atoms with Crippen LogP contribution in [0.25, 0.3) is 17.2 Å². The van der Waals surface area contributed by atoms with Crippen LogP contribution in [-0.2, 0) is 14.3 Å². The van der Waals surface area contributed by atoms with Gasteiger partial charge in [-0.15, -0.1) is 0 Å². The predicted molar refractivity (Wildman–Crippen MR) is 171 cm³/mol. The molecular formula is C31H28Cl2N2O5S2. The molecule has 1 amide bonds. The van der Waals surface area contributed by atoms with E-state index < -0.39 is 5.97 Å². The Balaban J connectivity index is 1.30. The lowest BCUT2D eigenvalue weighted by Gasteiger charge is -2.26. The monoisotopic (exact) mass is 642 g/mol. The topological polar surface area (TPSA) is 68.3 Å². The van der Waals surface area contributed by atoms with Crippen LogP contribution >= 0.6 is 47.2 Å². The van der Waals surface area contributed by atoms with E-state index in [4.69, 9.17) is 49.6 Å². The molecule has 218 valence electrons. The van der Waals surface area contributed by atoms with E-state index in [1.54, 1.807) is 42.5 Å². The number of carbonyl (C=O) groups is 2. The van der Waals surface area contributed by atoms with Crippen LogP contribution < -0.4 is 9.47 Å². The average Bonchev–Trinajstić information content (AvgIpc) is 3.25. The van der Waals surface area contributed by atoms with E-state index in [0.29, 0.717) is 37.4 Å². The summed E-state index contributed by atoms with van der Waals surface area (Å²) in [6, 6.07) is 19.8. The van der Waals surface area contributed by atoms with Gasteiger partial charge in [-0.05, 0) is 48.0 Å². The predicted octanol–water partition coefficient (Wildman–Crippen LogP) is 6.57. The fraction of sp³-hybridized carbons (Fsp3) is 0.258. The molecular weight excluding hydrogens is 615 g/mol. The number of carbonyl (C=O) groups excluding carboxylic acids is 2. The van der Waals surface area contributed by atoms with Gasteiger partial charge in [-0.25, -0.2) is 0 Å². The van der Waals surface area contributed by atoms with Gasteiger partial charge in [0.15, 0.2) is 0 Å². The fourth-order valence-electron chi connectivity index (χ4n) is 4.51. The molecule has 11 heteroatoms. The zero-order valence-electron chi connectivity index (χ0n) is 22.6. The molecule has 0 aromatic heterocycles. The van der Waals surface area contributed by atoms with Crippen LogP contribution in [0.5, 0.6) is 11.5 Å². The first kappa shape index (κ1) is 30.5. The highest BCUT2D eigenvalue weighted by Gasteiger charge is 2.32. The number of nitrogens with zero attached hydrogens (tertiary/aromatic N) is 2. The summed E-state index contributed by atoms with van der Waals surface area (Å²) in [6.07, 6.45) is 1.80. The molecule has 0 N–H and O–H groups in total. The zero-order valence-corrected chi connectivity index (χ0v) is 25.7. The van der Waals surface area contributed by atoms with Crippen molar-refractivity contribution < 1.29 is 23.8 Å². The number of esters is 1. The number of benzene rings is 3. The van der Waals surface area contributed by atoms with Crippen LogP contribution in [0, 0.1) is 0 Å². The molecule has 2 aliphatic heterocycles. The summed E-state index contributed by atoms with van der Waals surface area (Å²) in [6.45, 7) is 4.63. The first-order chi connectivity index (χ1) is 20.4. The Kier molecular flexibility index (Phi) is 10.5. The van der Waals surface area contributed by atoms with Crippen molar-refractivity contribution in [3.63, 3.8) is 0 Å². The van der Waals surface area contributed by atoms with Crippen molar-refractivity contribution in [1.82, 2.24) is 9.80 Å². The normalized spacial score (nSPS) is 16.7. The maximum atomic E-state index is 13.2. The summed E-state index contributed by atoms with van der Waals surface area (Å²) in [7, 11) is 0. The molecule has 0 radical (unpaired) electrons. The molecule has 0 bridgehead atoms. The molecule has 0 aliphatic carbocycles. The second kappa shape index (κ2) is 14.5. The first-order valence-electron chi connectivity index (χ1n) is 13.4. The number of ether oxygens (including phenoxy) is 3. The molecule has 42 heavy (non-hydrogen) atoms. The van der Waals surface area contributed by atoms with Crippen molar-refractivity contribution in [2.45, 2.75) is 6.42 Å². The minimum absolute atomic E-state index is 0.0182. The molecule has 5 rings (SSSR count). The maximum Gasteiger partial charge on any atom is 0.312 e. The Morgan fingerprint density at radius 3 is 2.55 bits per heavy atom. The lowest BCUT2D eigenvalue weighted by atomic mass is 10.0. The number of thiocarbonyl (C=S) groups is 1. The van der Waals surface area contributed by atoms with Crippen molar-refractivity contribution in [3.8, 4) is 22.6 Å². The number of hydrogen-bond acceptors (Lipinski definition) is 8. The number of hydrogen-bond donors (Lipinski definition) is 0. The van der Waals surface area contributed by atoms with Crippen molar-refractivity contribution >= 4 is 69.5 Å². The van der Waals surface area contributed by atoms with Gasteiger partial charge >= 0.3 is 5.97 Å². The third-order valence-electron chi connectivity index (χ3n) is 6.68. The standard InChI is InChI=1S/C31H28Cl2N2O5S2/c32-22-7-8-24(26(33)20-22)25-18-21(6-9-27(25)39-17-14-34-12-15-38-16-13-34)19-28-30(37)35(31(41)42-28)11-10-29(36)40-23-4-2-1-3-5-23/h1-9,18-20H,10-17H2/b28-19-. The molecule has 0 unspecified atom stereocenters. The summed E-state index contributed by atoms with van der Waals surface area (Å²) in [4.78, 5) is 29.7. The third kappa shape index (κ3) is 7.92. The molecule has 0 spiro atoms. The molecule has 2 aliphatic rings. The Labute approximate surface area is 264 Å². The van der Waals surface area contributed by atoms with Gasteiger partial charge in [0.05, 0.1) is 29.6 Å². The number of amides is 1. The Hall–Kier alpha value is -2.92. The lowest BCUT2D eigenvalue weighted by Crippen LogP contribution is -2.38. The summed E-state index contributed by atoms with van der Waals surface area (Å²) in [5, 5.41) is 1.03. The molecule has 3 aromatic rings. The SMILES string of the molecule is O=C(CCN1C(=O)/C(=C/c2ccc(OCCN3CCOCC3)c(-c3ccc(Cl)cc3Cl)c2)SC1=S)Oc1ccccc1. The molecule has 2 heterocycles. The van der Waals surface area contributed by atoms with Gasteiger partial charge in [-0.3, -0.25) is 19.4 Å². The van der Waals surface area contributed by atoms with Crippen molar-refractivity contribution in [1.29, 1.82) is 0 Å². The largest absolute Gasteiger partial charge is 0.492 e. The Bertz CT molecular complexity index is 1500. The van der Waals surface area contributed by atoms with E-state index >= 15 is 0 Å². The average molecular weight is 644 g/mol. The van der Waals surface area contributed by atoms with Crippen LogP contribution in [0.3, 0.4) is 0 Å². The van der Waals surface area contributed by atoms with Crippen LogP contribution in [0.4, 0.5) is 0 Å². The van der Waals surface area contributed by atoms with E-state index in [2.05, 4.69) is 4.90 Å². The van der Waals surface area contributed by atoms with Gasteiger partial charge in [0.1, 0.15) is 22.4 Å². The summed E-state index contributed by atoms with van der Waals surface area (Å²) in [5.41, 5.74) is 2.33. The minimum Gasteiger partial charge on any atom is -0.492 e. The summed E-state index contributed by atoms with van der Waals surface area (Å²) >= 11 is 19.4. The van der Waals surface area contributed by atoms with Gasteiger partial charge in [0.25, 0.3) is 5.91 Å². The number of morpholine rings is 1. The first-order valence-corrected chi connectivity index (χ1v) is 15.4. The van der Waals surface area contributed by atoms with Crippen molar-refractivity contribution in [3.05, 3.63) is 87.2 Å². The van der Waals surface area contributed by atoms with Gasteiger partial charge in [-0.1, -0.05) is 77.5 Å². The lowest BCUT2D eigenvalue weighted by molar-refractivity contribution is -0.134. The highest BCUT2D eigenvalue weighted by Crippen LogP contribution is 2.39. The molecule has 7 nitrogen and oxygen atoms in total. The number of rotatable bonds is 10. The van der Waals surface area contributed by atoms with Crippen molar-refractivity contribution in [2.75, 3.05) is 46.0 Å². The molecule has 2 fully saturated rings. The smallest absolute Gasteiger partial charge is 0.312 e. The Morgan fingerprint density at radius 1 is 1.00 bits per heavy atom. The van der Waals surface area contributed by atoms with Gasteiger partial charge in [0, 0.05) is 42.3 Å². The fourth-order valence-corrected chi connectivity index (χ4v) is 6.33. The second-order valence-electron chi connectivity index (χ2n) is 9.55. The zero-order chi connectivity index (χ0) is 29.5. The molecule has 0 atom stereocenters. The van der Waals surface area contributed by atoms with E-state index in [1.807, 2.05) is 30.3 Å². The van der Waals surface area contributed by atoms with Crippen LogP contribution in [0.2, 0.25) is 10.0 Å². The van der Waals surface area contributed by atoms with Crippen LogP contribution in [0.15, 0.2) is 71.6 Å². The minimum atomic E-state index is -0.437. The molecule has 0 saturated carbocycles. The van der Waals surface area contributed by atoms with Gasteiger partial charge in [0.2, 0.25) is 0 Å². The highest BCUT2D eigenvalue weighted by atomic mass is 35.5. The number of para-hydroxylation sites is 1. The maximum absolute atomic E-state index is 13.2. The van der Waals surface area contributed by atoms with Crippen molar-refractivity contribution in [2.24, 2.45) is 0 Å².